The van der Waals surface area contributed by atoms with E-state index in [1.807, 2.05) is 28.1 Å². The molecule has 11 heteroatoms. The minimum atomic E-state index is -0.424. The molecule has 0 unspecified atom stereocenters. The van der Waals surface area contributed by atoms with E-state index in [0.717, 1.165) is 19.5 Å². The summed E-state index contributed by atoms with van der Waals surface area (Å²) in [5.41, 5.74) is 2.22. The van der Waals surface area contributed by atoms with Crippen molar-refractivity contribution in [2.24, 2.45) is 5.92 Å². The van der Waals surface area contributed by atoms with Gasteiger partial charge >= 0.3 is 6.03 Å². The molecule has 10 nitrogen and oxygen atoms in total. The zero-order valence-electron chi connectivity index (χ0n) is 22.8. The summed E-state index contributed by atoms with van der Waals surface area (Å²) in [4.78, 5) is 29.1. The van der Waals surface area contributed by atoms with Gasteiger partial charge in [0.25, 0.3) is 0 Å². The van der Waals surface area contributed by atoms with Gasteiger partial charge in [0.15, 0.2) is 11.5 Å². The maximum Gasteiger partial charge on any atom is 0.326 e. The number of aromatic nitrogens is 6. The first-order valence-electron chi connectivity index (χ1n) is 13.7. The van der Waals surface area contributed by atoms with Gasteiger partial charge in [0.05, 0.1) is 17.8 Å². The fraction of sp³-hybridized carbons (Fsp3) is 0.464. The smallest absolute Gasteiger partial charge is 0.321 e. The van der Waals surface area contributed by atoms with Gasteiger partial charge in [-0.05, 0) is 62.9 Å². The third kappa shape index (κ3) is 4.54. The Hall–Kier alpha value is -3.86. The Kier molecular flexibility index (Phi) is 6.54. The summed E-state index contributed by atoms with van der Waals surface area (Å²) in [5, 5.41) is 10.9. The molecule has 0 spiro atoms. The van der Waals surface area contributed by atoms with Crippen molar-refractivity contribution in [2.75, 3.05) is 24.5 Å². The number of anilines is 1. The van der Waals surface area contributed by atoms with Crippen LogP contribution >= 0.6 is 0 Å². The van der Waals surface area contributed by atoms with Crippen LogP contribution in [0.2, 0.25) is 0 Å². The quantitative estimate of drug-likeness (QED) is 0.378. The lowest BCUT2D eigenvalue weighted by Gasteiger charge is -2.31. The van der Waals surface area contributed by atoms with Gasteiger partial charge in [0.2, 0.25) is 0 Å². The summed E-state index contributed by atoms with van der Waals surface area (Å²) < 4.78 is 16.7. The average Bonchev–Trinajstić information content (AvgIpc) is 3.71. The van der Waals surface area contributed by atoms with Crippen molar-refractivity contribution in [3.63, 3.8) is 0 Å². The fourth-order valence-corrected chi connectivity index (χ4v) is 6.00. The van der Waals surface area contributed by atoms with E-state index < -0.39 is 5.82 Å². The number of carbonyl (C=O) groups is 1. The molecule has 5 heterocycles. The van der Waals surface area contributed by atoms with Crippen LogP contribution in [0.25, 0.3) is 28.2 Å². The van der Waals surface area contributed by atoms with Crippen LogP contribution in [0.4, 0.5) is 15.0 Å². The normalized spacial score (nSPS) is 20.4. The molecule has 0 saturated carbocycles. The van der Waals surface area contributed by atoms with Crippen molar-refractivity contribution >= 4 is 17.5 Å². The van der Waals surface area contributed by atoms with E-state index in [1.54, 1.807) is 16.8 Å². The number of urea groups is 1. The molecule has 204 valence electrons. The fourth-order valence-electron chi connectivity index (χ4n) is 6.00. The molecule has 2 saturated heterocycles. The van der Waals surface area contributed by atoms with E-state index >= 15 is 4.39 Å². The summed E-state index contributed by atoms with van der Waals surface area (Å²) in [7, 11) is 0. The van der Waals surface area contributed by atoms with Crippen molar-refractivity contribution in [3.05, 3.63) is 48.8 Å². The summed E-state index contributed by atoms with van der Waals surface area (Å²) in [5.74, 6) is 0.780. The Morgan fingerprint density at radius 2 is 2.00 bits per heavy atom. The van der Waals surface area contributed by atoms with Gasteiger partial charge in [-0.3, -0.25) is 14.9 Å². The number of carbonyl (C=O) groups excluding carboxylic acids is 1. The summed E-state index contributed by atoms with van der Waals surface area (Å²) >= 11 is 0. The van der Waals surface area contributed by atoms with Crippen molar-refractivity contribution < 1.29 is 9.18 Å². The second kappa shape index (κ2) is 10.0. The number of fused-ring (bicyclic) bond motifs is 1. The number of nitrogens with one attached hydrogen (secondary N) is 1. The Balaban J connectivity index is 1.31. The first kappa shape index (κ1) is 25.4. The van der Waals surface area contributed by atoms with Crippen LogP contribution < -0.4 is 4.90 Å². The number of amides is 2. The molecule has 2 atom stereocenters. The van der Waals surface area contributed by atoms with Crippen molar-refractivity contribution in [1.29, 1.82) is 0 Å². The van der Waals surface area contributed by atoms with E-state index in [2.05, 4.69) is 52.9 Å². The number of benzene rings is 1. The zero-order chi connectivity index (χ0) is 27.3. The molecular formula is C28H34FN9O. The van der Waals surface area contributed by atoms with Crippen molar-refractivity contribution in [2.45, 2.75) is 58.7 Å². The molecule has 2 amide bonds. The Morgan fingerprint density at radius 3 is 2.72 bits per heavy atom. The second-order valence-corrected chi connectivity index (χ2v) is 11.1. The largest absolute Gasteiger partial charge is 0.326 e. The summed E-state index contributed by atoms with van der Waals surface area (Å²) in [6, 6.07) is 7.61. The predicted octanol–water partition coefficient (Wildman–Crippen LogP) is 4.46. The van der Waals surface area contributed by atoms with Gasteiger partial charge < -0.3 is 4.90 Å². The number of hydrogen-bond donors (Lipinski definition) is 1. The number of hydrogen-bond acceptors (Lipinski definition) is 6. The molecule has 2 aliphatic heterocycles. The van der Waals surface area contributed by atoms with Crippen LogP contribution in [0, 0.1) is 11.7 Å². The minimum absolute atomic E-state index is 0.00589. The lowest BCUT2D eigenvalue weighted by atomic mass is 10.0. The van der Waals surface area contributed by atoms with E-state index in [4.69, 9.17) is 4.98 Å². The Bertz CT molecular complexity index is 1480. The van der Waals surface area contributed by atoms with E-state index in [1.165, 1.54) is 18.8 Å². The maximum atomic E-state index is 15.0. The molecule has 1 aromatic carbocycles. The van der Waals surface area contributed by atoms with Gasteiger partial charge in [-0.15, -0.1) is 0 Å². The second-order valence-electron chi connectivity index (χ2n) is 11.1. The highest BCUT2D eigenvalue weighted by Gasteiger charge is 2.42. The Labute approximate surface area is 226 Å². The van der Waals surface area contributed by atoms with Crippen molar-refractivity contribution in [3.8, 4) is 22.5 Å². The number of halogens is 1. The summed E-state index contributed by atoms with van der Waals surface area (Å²) in [6.07, 6.45) is 7.12. The number of nitrogens with zero attached hydrogens (tertiary/aromatic N) is 8. The molecule has 2 aliphatic rings. The van der Waals surface area contributed by atoms with Crippen LogP contribution in [-0.2, 0) is 0 Å². The van der Waals surface area contributed by atoms with Gasteiger partial charge in [0, 0.05) is 36.9 Å². The SMILES string of the molecule is CC(C)[C@H]1CN(C[C@H]2CCCN2C(C)C)C(=O)N1c1ccn2ncc(-c3ccc(-c4ncn[nH]4)c(F)c3)c2n1. The molecule has 2 fully saturated rings. The highest BCUT2D eigenvalue weighted by molar-refractivity contribution is 5.94. The number of rotatable bonds is 7. The molecule has 4 aromatic rings. The standard InChI is InChI=1S/C28H34FN9O/c1-17(2)24-15-35(14-20-6-5-10-36(20)18(3)4)28(39)38(24)25-9-11-37-27(33-25)22(13-32-37)19-7-8-21(23(29)12-19)26-30-16-31-34-26/h7-9,11-13,16-18,20,24H,5-6,10,14-15H2,1-4H3,(H,30,31,34)/t20-,24-/m1/s1. The van der Waals surface area contributed by atoms with Gasteiger partial charge in [0.1, 0.15) is 18.0 Å². The Morgan fingerprint density at radius 1 is 1.15 bits per heavy atom. The van der Waals surface area contributed by atoms with Crippen LogP contribution in [0.5, 0.6) is 0 Å². The topological polar surface area (TPSA) is 98.5 Å². The average molecular weight is 532 g/mol. The highest BCUT2D eigenvalue weighted by atomic mass is 19.1. The van der Waals surface area contributed by atoms with Crippen LogP contribution in [0.3, 0.4) is 0 Å². The van der Waals surface area contributed by atoms with Gasteiger partial charge in [-0.1, -0.05) is 19.9 Å². The van der Waals surface area contributed by atoms with E-state index in [9.17, 15) is 4.79 Å². The number of aromatic amines is 1. The first-order chi connectivity index (χ1) is 18.8. The molecule has 0 radical (unpaired) electrons. The van der Waals surface area contributed by atoms with E-state index in [-0.39, 0.29) is 18.0 Å². The lowest BCUT2D eigenvalue weighted by Crippen LogP contribution is -2.44. The van der Waals surface area contributed by atoms with Crippen LogP contribution in [-0.4, -0.2) is 83.4 Å². The predicted molar refractivity (Wildman–Crippen MR) is 147 cm³/mol. The molecule has 1 N–H and O–H groups in total. The molecule has 3 aromatic heterocycles. The monoisotopic (exact) mass is 531 g/mol. The minimum Gasteiger partial charge on any atom is -0.321 e. The van der Waals surface area contributed by atoms with Crippen LogP contribution in [0.15, 0.2) is 43.0 Å². The van der Waals surface area contributed by atoms with Gasteiger partial charge in [-0.2, -0.15) is 10.2 Å². The molecular weight excluding hydrogens is 497 g/mol. The first-order valence-corrected chi connectivity index (χ1v) is 13.7. The highest BCUT2D eigenvalue weighted by Crippen LogP contribution is 2.32. The summed E-state index contributed by atoms with van der Waals surface area (Å²) in [6.45, 7) is 11.2. The molecule has 0 bridgehead atoms. The third-order valence-corrected chi connectivity index (χ3v) is 8.05. The molecule has 0 aliphatic carbocycles. The number of likely N-dealkylation sites (tertiary alicyclic amines) is 1. The lowest BCUT2D eigenvalue weighted by molar-refractivity contribution is 0.160. The van der Waals surface area contributed by atoms with Gasteiger partial charge in [-0.25, -0.2) is 23.7 Å². The van der Waals surface area contributed by atoms with Crippen LogP contribution in [0.1, 0.15) is 40.5 Å². The maximum absolute atomic E-state index is 15.0. The van der Waals surface area contributed by atoms with Crippen molar-refractivity contribution in [1.82, 2.24) is 39.6 Å². The zero-order valence-corrected chi connectivity index (χ0v) is 22.8. The molecule has 6 rings (SSSR count). The number of H-pyrrole nitrogens is 1. The molecule has 39 heavy (non-hydrogen) atoms. The van der Waals surface area contributed by atoms with E-state index in [0.29, 0.717) is 52.6 Å². The third-order valence-electron chi connectivity index (χ3n) is 8.05.